The van der Waals surface area contributed by atoms with Gasteiger partial charge in [-0.3, -0.25) is 9.78 Å². The third kappa shape index (κ3) is 3.10. The van der Waals surface area contributed by atoms with Crippen molar-refractivity contribution >= 4 is 16.8 Å². The van der Waals surface area contributed by atoms with Crippen molar-refractivity contribution in [1.82, 2.24) is 10.3 Å². The van der Waals surface area contributed by atoms with Crippen LogP contribution in [0.5, 0.6) is 0 Å². The van der Waals surface area contributed by atoms with Gasteiger partial charge in [-0.05, 0) is 36.5 Å². The van der Waals surface area contributed by atoms with Crippen LogP contribution < -0.4 is 5.32 Å². The average molecular weight is 300 g/mol. The second-order valence-electron chi connectivity index (χ2n) is 5.82. The summed E-state index contributed by atoms with van der Waals surface area (Å²) in [5, 5.41) is 13.6. The first-order valence-corrected chi connectivity index (χ1v) is 7.48. The molecule has 22 heavy (non-hydrogen) atoms. The van der Waals surface area contributed by atoms with Gasteiger partial charge in [0.25, 0.3) is 0 Å². The molecule has 1 aliphatic rings. The number of hydrogen-bond acceptors (Lipinski definition) is 4. The summed E-state index contributed by atoms with van der Waals surface area (Å²) in [6.45, 7) is 0.0345. The van der Waals surface area contributed by atoms with E-state index in [-0.39, 0.29) is 30.6 Å². The molecule has 1 amide bonds. The molecule has 5 nitrogen and oxygen atoms in total. The van der Waals surface area contributed by atoms with Crippen LogP contribution in [0.1, 0.15) is 24.4 Å². The van der Waals surface area contributed by atoms with Crippen LogP contribution in [0.25, 0.3) is 10.9 Å². The molecule has 1 aromatic heterocycles. The molecule has 0 bridgehead atoms. The number of carbonyl (C=O) groups excluding carboxylic acids is 1. The number of aromatic nitrogens is 1. The predicted octanol–water partition coefficient (Wildman–Crippen LogP) is 1.81. The second kappa shape index (κ2) is 6.42. The van der Waals surface area contributed by atoms with Gasteiger partial charge in [0.1, 0.15) is 6.61 Å². The summed E-state index contributed by atoms with van der Waals surface area (Å²) in [4.78, 5) is 16.4. The van der Waals surface area contributed by atoms with E-state index in [2.05, 4.69) is 16.4 Å². The number of nitrogens with zero attached hydrogens (tertiary/aromatic N) is 1. The minimum absolute atomic E-state index is 0.0345. The fraction of sp³-hybridized carbons (Fsp3) is 0.412. The van der Waals surface area contributed by atoms with E-state index in [1.54, 1.807) is 0 Å². The summed E-state index contributed by atoms with van der Waals surface area (Å²) in [5.74, 6) is 0.0841. The maximum absolute atomic E-state index is 11.9. The molecule has 1 aliphatic carbocycles. The Hall–Kier alpha value is -1.98. The van der Waals surface area contributed by atoms with Crippen molar-refractivity contribution in [2.45, 2.75) is 25.0 Å². The minimum atomic E-state index is -0.264. The molecule has 2 aromatic rings. The third-order valence-corrected chi connectivity index (χ3v) is 4.18. The zero-order chi connectivity index (χ0) is 15.5. The van der Waals surface area contributed by atoms with E-state index in [1.807, 2.05) is 30.5 Å². The number of para-hydroxylation sites is 1. The number of methoxy groups -OCH3 is 1. The maximum atomic E-state index is 11.9. The lowest BCUT2D eigenvalue weighted by atomic mass is 9.75. The van der Waals surface area contributed by atoms with Crippen LogP contribution >= 0.6 is 0 Å². The highest BCUT2D eigenvalue weighted by atomic mass is 16.5. The first-order chi connectivity index (χ1) is 10.7. The number of carbonyl (C=O) groups is 1. The number of aliphatic hydroxyl groups is 1. The normalized spacial score (nSPS) is 22.1. The molecule has 1 aromatic carbocycles. The standard InChI is InChI=1S/C17H20N2O3/c1-22-10-16(21)19-17(12-7-14(20)8-12)13-6-11-4-2-3-5-15(11)18-9-13/h2-6,9,12,14,17,20H,7-8,10H2,1H3,(H,19,21)/t12?,14?,17-/m1/s1. The van der Waals surface area contributed by atoms with Crippen LogP contribution in [0.2, 0.25) is 0 Å². The van der Waals surface area contributed by atoms with Gasteiger partial charge in [-0.25, -0.2) is 0 Å². The molecule has 1 fully saturated rings. The van der Waals surface area contributed by atoms with Crippen LogP contribution in [0, 0.1) is 5.92 Å². The monoisotopic (exact) mass is 300 g/mol. The van der Waals surface area contributed by atoms with Crippen molar-refractivity contribution in [3.63, 3.8) is 0 Å². The second-order valence-corrected chi connectivity index (χ2v) is 5.82. The topological polar surface area (TPSA) is 71.5 Å². The van der Waals surface area contributed by atoms with Crippen molar-refractivity contribution in [1.29, 1.82) is 0 Å². The Labute approximate surface area is 129 Å². The summed E-state index contributed by atoms with van der Waals surface area (Å²) in [6, 6.07) is 9.82. The number of benzene rings is 1. The van der Waals surface area contributed by atoms with E-state index in [1.165, 1.54) is 7.11 Å². The Kier molecular flexibility index (Phi) is 4.36. The summed E-state index contributed by atoms with van der Waals surface area (Å²) in [7, 11) is 1.50. The quantitative estimate of drug-likeness (QED) is 0.883. The molecule has 1 saturated carbocycles. The average Bonchev–Trinajstić information content (AvgIpc) is 2.50. The Morgan fingerprint density at radius 3 is 2.95 bits per heavy atom. The van der Waals surface area contributed by atoms with Gasteiger partial charge in [0.2, 0.25) is 5.91 Å². The lowest BCUT2D eigenvalue weighted by Gasteiger charge is -2.38. The van der Waals surface area contributed by atoms with E-state index in [0.29, 0.717) is 12.8 Å². The van der Waals surface area contributed by atoms with Gasteiger partial charge in [0.15, 0.2) is 0 Å². The van der Waals surface area contributed by atoms with Gasteiger partial charge in [-0.1, -0.05) is 18.2 Å². The third-order valence-electron chi connectivity index (χ3n) is 4.18. The molecule has 116 valence electrons. The first kappa shape index (κ1) is 14.9. The number of pyridine rings is 1. The molecule has 0 aliphatic heterocycles. The number of amides is 1. The van der Waals surface area contributed by atoms with E-state index in [4.69, 9.17) is 4.74 Å². The minimum Gasteiger partial charge on any atom is -0.393 e. The van der Waals surface area contributed by atoms with E-state index < -0.39 is 0 Å². The lowest BCUT2D eigenvalue weighted by Crippen LogP contribution is -2.42. The summed E-state index contributed by atoms with van der Waals surface area (Å²) < 4.78 is 4.89. The number of fused-ring (bicyclic) bond motifs is 1. The highest BCUT2D eigenvalue weighted by molar-refractivity contribution is 5.80. The van der Waals surface area contributed by atoms with Crippen molar-refractivity contribution in [3.8, 4) is 0 Å². The maximum Gasteiger partial charge on any atom is 0.246 e. The van der Waals surface area contributed by atoms with E-state index in [0.717, 1.165) is 16.5 Å². The van der Waals surface area contributed by atoms with E-state index in [9.17, 15) is 9.90 Å². The molecule has 0 saturated heterocycles. The lowest BCUT2D eigenvalue weighted by molar-refractivity contribution is -0.126. The zero-order valence-electron chi connectivity index (χ0n) is 12.5. The van der Waals surface area contributed by atoms with Crippen molar-refractivity contribution in [2.75, 3.05) is 13.7 Å². The van der Waals surface area contributed by atoms with Crippen LogP contribution in [0.15, 0.2) is 36.5 Å². The molecule has 0 unspecified atom stereocenters. The summed E-state index contributed by atoms with van der Waals surface area (Å²) in [5.41, 5.74) is 1.90. The highest BCUT2D eigenvalue weighted by Gasteiger charge is 2.35. The Bertz CT molecular complexity index is 668. The molecule has 1 heterocycles. The van der Waals surface area contributed by atoms with Crippen LogP contribution in [-0.4, -0.2) is 35.8 Å². The number of rotatable bonds is 5. The van der Waals surface area contributed by atoms with Gasteiger partial charge in [0, 0.05) is 18.7 Å². The summed E-state index contributed by atoms with van der Waals surface area (Å²) >= 11 is 0. The molecule has 0 radical (unpaired) electrons. The summed E-state index contributed by atoms with van der Waals surface area (Å²) in [6.07, 6.45) is 2.94. The van der Waals surface area contributed by atoms with Crippen molar-refractivity contribution in [2.24, 2.45) is 5.92 Å². The van der Waals surface area contributed by atoms with Crippen molar-refractivity contribution < 1.29 is 14.6 Å². The Morgan fingerprint density at radius 1 is 1.45 bits per heavy atom. The number of aliphatic hydroxyl groups excluding tert-OH is 1. The molecule has 5 heteroatoms. The Morgan fingerprint density at radius 2 is 2.23 bits per heavy atom. The van der Waals surface area contributed by atoms with Gasteiger partial charge in [-0.2, -0.15) is 0 Å². The number of ether oxygens (including phenoxy) is 1. The molecular formula is C17H20N2O3. The molecule has 2 N–H and O–H groups in total. The van der Waals surface area contributed by atoms with Gasteiger partial charge in [-0.15, -0.1) is 0 Å². The zero-order valence-corrected chi connectivity index (χ0v) is 12.5. The Balaban J connectivity index is 1.87. The van der Waals surface area contributed by atoms with E-state index >= 15 is 0 Å². The number of nitrogens with one attached hydrogen (secondary N) is 1. The SMILES string of the molecule is COCC(=O)N[C@@H](c1cnc2ccccc2c1)C1CC(O)C1. The molecule has 3 rings (SSSR count). The van der Waals surface area contributed by atoms with Crippen LogP contribution in [0.3, 0.4) is 0 Å². The highest BCUT2D eigenvalue weighted by Crippen LogP contribution is 2.38. The first-order valence-electron chi connectivity index (χ1n) is 7.48. The molecule has 0 spiro atoms. The van der Waals surface area contributed by atoms with Crippen molar-refractivity contribution in [3.05, 3.63) is 42.1 Å². The fourth-order valence-electron chi connectivity index (χ4n) is 2.98. The number of hydrogen-bond donors (Lipinski definition) is 2. The molecular weight excluding hydrogens is 280 g/mol. The van der Waals surface area contributed by atoms with Gasteiger partial charge in [0.05, 0.1) is 17.7 Å². The van der Waals surface area contributed by atoms with Gasteiger partial charge >= 0.3 is 0 Å². The van der Waals surface area contributed by atoms with Gasteiger partial charge < -0.3 is 15.2 Å². The van der Waals surface area contributed by atoms with Crippen LogP contribution in [-0.2, 0) is 9.53 Å². The fourth-order valence-corrected chi connectivity index (χ4v) is 2.98. The molecule has 1 atom stereocenters. The van der Waals surface area contributed by atoms with Crippen LogP contribution in [0.4, 0.5) is 0 Å². The smallest absolute Gasteiger partial charge is 0.246 e. The predicted molar refractivity (Wildman–Crippen MR) is 83.2 cm³/mol. The largest absolute Gasteiger partial charge is 0.393 e.